The van der Waals surface area contributed by atoms with Crippen LogP contribution in [0.25, 0.3) is 22.3 Å². The molecule has 0 bridgehead atoms. The molecule has 38 heavy (non-hydrogen) atoms. The van der Waals surface area contributed by atoms with E-state index < -0.39 is 5.97 Å². The summed E-state index contributed by atoms with van der Waals surface area (Å²) in [5, 5.41) is 23.9. The van der Waals surface area contributed by atoms with Gasteiger partial charge in [-0.25, -0.2) is 4.79 Å². The van der Waals surface area contributed by atoms with Gasteiger partial charge >= 0.3 is 5.97 Å². The number of fused-ring (bicyclic) bond motifs is 1. The van der Waals surface area contributed by atoms with Gasteiger partial charge in [0.25, 0.3) is 0 Å². The number of allylic oxidation sites excluding steroid dienone is 1. The zero-order valence-corrected chi connectivity index (χ0v) is 21.9. The summed E-state index contributed by atoms with van der Waals surface area (Å²) >= 11 is 0. The van der Waals surface area contributed by atoms with Crippen LogP contribution in [0.5, 0.6) is 0 Å². The molecule has 0 fully saturated rings. The molecule has 4 aromatic rings. The Kier molecular flexibility index (Phi) is 7.76. The van der Waals surface area contributed by atoms with Crippen molar-refractivity contribution in [3.05, 3.63) is 110 Å². The fraction of sp³-hybridized carbons (Fsp3) is 0.194. The van der Waals surface area contributed by atoms with Gasteiger partial charge in [-0.3, -0.25) is 4.79 Å². The largest absolute Gasteiger partial charge is 0.478 e. The first-order valence-electron chi connectivity index (χ1n) is 12.4. The van der Waals surface area contributed by atoms with Crippen molar-refractivity contribution in [1.29, 1.82) is 5.41 Å². The first-order valence-corrected chi connectivity index (χ1v) is 12.4. The third-order valence-electron chi connectivity index (χ3n) is 6.53. The molecule has 4 N–H and O–H groups in total. The first-order chi connectivity index (χ1) is 18.2. The number of para-hydroxylation sites is 1. The van der Waals surface area contributed by atoms with Crippen LogP contribution in [-0.2, 0) is 6.42 Å². The SMILES string of the molecule is CN/C=C(\C=N)Cc1ccc(-c2oc3c([C@@H](C)Nc4ccccc4C(=O)O)cc(C)cc3c(=O)c2C)cc1. The highest BCUT2D eigenvalue weighted by Gasteiger charge is 2.20. The van der Waals surface area contributed by atoms with Gasteiger partial charge in [-0.05, 0) is 55.7 Å². The number of carbonyl (C=O) groups is 1. The smallest absolute Gasteiger partial charge is 0.337 e. The molecular weight excluding hydrogens is 478 g/mol. The fourth-order valence-electron chi connectivity index (χ4n) is 4.61. The molecule has 0 radical (unpaired) electrons. The van der Waals surface area contributed by atoms with Crippen LogP contribution in [0.15, 0.2) is 81.6 Å². The molecule has 0 aliphatic heterocycles. The van der Waals surface area contributed by atoms with Crippen molar-refractivity contribution in [2.24, 2.45) is 0 Å². The monoisotopic (exact) mass is 509 g/mol. The molecular formula is C31H31N3O4. The van der Waals surface area contributed by atoms with Gasteiger partial charge in [0.1, 0.15) is 11.3 Å². The van der Waals surface area contributed by atoms with Crippen molar-refractivity contribution >= 4 is 28.8 Å². The number of benzene rings is 3. The molecule has 7 heteroatoms. The number of carboxylic acids is 1. The Morgan fingerprint density at radius 2 is 1.82 bits per heavy atom. The van der Waals surface area contributed by atoms with Gasteiger partial charge in [-0.2, -0.15) is 0 Å². The van der Waals surface area contributed by atoms with Crippen LogP contribution in [0.4, 0.5) is 5.69 Å². The number of nitrogens with one attached hydrogen (secondary N) is 3. The Morgan fingerprint density at radius 3 is 2.47 bits per heavy atom. The molecule has 0 aliphatic carbocycles. The quantitative estimate of drug-likeness (QED) is 0.198. The minimum Gasteiger partial charge on any atom is -0.478 e. The third-order valence-corrected chi connectivity index (χ3v) is 6.53. The van der Waals surface area contributed by atoms with Crippen LogP contribution in [0, 0.1) is 19.3 Å². The number of hydrogen-bond acceptors (Lipinski definition) is 6. The lowest BCUT2D eigenvalue weighted by Gasteiger charge is -2.20. The second-order valence-electron chi connectivity index (χ2n) is 9.36. The Hall–Kier alpha value is -4.65. The highest BCUT2D eigenvalue weighted by Crippen LogP contribution is 2.33. The molecule has 0 spiro atoms. The van der Waals surface area contributed by atoms with Crippen molar-refractivity contribution in [2.75, 3.05) is 12.4 Å². The number of aryl methyl sites for hydroxylation is 1. The minimum atomic E-state index is -1.02. The van der Waals surface area contributed by atoms with Gasteiger partial charge in [0, 0.05) is 48.3 Å². The molecule has 1 atom stereocenters. The maximum Gasteiger partial charge on any atom is 0.337 e. The second kappa shape index (κ2) is 11.2. The second-order valence-corrected chi connectivity index (χ2v) is 9.36. The van der Waals surface area contributed by atoms with Crippen molar-refractivity contribution in [3.8, 4) is 11.3 Å². The fourth-order valence-corrected chi connectivity index (χ4v) is 4.61. The van der Waals surface area contributed by atoms with E-state index in [2.05, 4.69) is 10.6 Å². The molecule has 0 saturated carbocycles. The molecule has 4 rings (SSSR count). The minimum absolute atomic E-state index is 0.101. The van der Waals surface area contributed by atoms with E-state index >= 15 is 0 Å². The van der Waals surface area contributed by atoms with E-state index in [9.17, 15) is 14.7 Å². The number of carboxylic acid groups (broad SMARTS) is 1. The van der Waals surface area contributed by atoms with Crippen LogP contribution in [-0.4, -0.2) is 24.3 Å². The van der Waals surface area contributed by atoms with Gasteiger partial charge in [-0.1, -0.05) is 42.5 Å². The highest BCUT2D eigenvalue weighted by molar-refractivity contribution is 5.94. The van der Waals surface area contributed by atoms with Crippen molar-refractivity contribution < 1.29 is 14.3 Å². The van der Waals surface area contributed by atoms with Crippen molar-refractivity contribution in [3.63, 3.8) is 0 Å². The predicted molar refractivity (Wildman–Crippen MR) is 152 cm³/mol. The Morgan fingerprint density at radius 1 is 1.11 bits per heavy atom. The van der Waals surface area contributed by atoms with E-state index in [0.717, 1.165) is 27.8 Å². The number of hydrogen-bond donors (Lipinski definition) is 4. The van der Waals surface area contributed by atoms with Gasteiger partial charge in [0.15, 0.2) is 5.43 Å². The summed E-state index contributed by atoms with van der Waals surface area (Å²) in [4.78, 5) is 25.2. The van der Waals surface area contributed by atoms with E-state index in [1.165, 1.54) is 6.21 Å². The lowest BCUT2D eigenvalue weighted by molar-refractivity contribution is 0.0698. The Labute approximate surface area is 221 Å². The molecule has 0 aliphatic rings. The summed E-state index contributed by atoms with van der Waals surface area (Å²) in [7, 11) is 1.80. The number of rotatable bonds is 9. The standard InChI is InChI=1S/C31H31N3O4/c1-18-13-25(20(3)34-27-8-6-5-7-24(27)31(36)37)30-26(14-18)28(35)19(2)29(38-30)23-11-9-21(10-12-23)15-22(16-32)17-33-4/h5-14,16-17,20,32-34H,15H2,1-4H3,(H,36,37)/b22-17-,32-16?/t20-/m1/s1. The predicted octanol–water partition coefficient (Wildman–Crippen LogP) is 6.24. The Bertz CT molecular complexity index is 1600. The summed E-state index contributed by atoms with van der Waals surface area (Å²) in [6, 6.07) is 18.0. The molecule has 0 unspecified atom stereocenters. The number of anilines is 1. The summed E-state index contributed by atoms with van der Waals surface area (Å²) in [5.74, 6) is -0.521. The van der Waals surface area contributed by atoms with Crippen molar-refractivity contribution in [1.82, 2.24) is 5.32 Å². The van der Waals surface area contributed by atoms with Gasteiger partial charge in [-0.15, -0.1) is 0 Å². The van der Waals surface area contributed by atoms with Crippen LogP contribution in [0.1, 0.15) is 45.6 Å². The number of aromatic carboxylic acids is 1. The molecule has 3 aromatic carbocycles. The normalized spacial score (nSPS) is 12.3. The van der Waals surface area contributed by atoms with E-state index in [4.69, 9.17) is 9.83 Å². The summed E-state index contributed by atoms with van der Waals surface area (Å²) < 4.78 is 6.45. The van der Waals surface area contributed by atoms with E-state index in [0.29, 0.717) is 34.4 Å². The average Bonchev–Trinajstić information content (AvgIpc) is 2.91. The first kappa shape index (κ1) is 26.4. The van der Waals surface area contributed by atoms with Crippen LogP contribution in [0.2, 0.25) is 0 Å². The molecule has 0 saturated heterocycles. The Balaban J connectivity index is 1.78. The summed E-state index contributed by atoms with van der Waals surface area (Å²) in [6.45, 7) is 5.61. The van der Waals surface area contributed by atoms with Crippen LogP contribution >= 0.6 is 0 Å². The molecule has 7 nitrogen and oxygen atoms in total. The van der Waals surface area contributed by atoms with Crippen LogP contribution < -0.4 is 16.1 Å². The molecule has 1 aromatic heterocycles. The third kappa shape index (κ3) is 5.37. The average molecular weight is 510 g/mol. The maximum atomic E-state index is 13.5. The van der Waals surface area contributed by atoms with Gasteiger partial charge < -0.3 is 25.6 Å². The van der Waals surface area contributed by atoms with Gasteiger partial charge in [0.2, 0.25) is 0 Å². The van der Waals surface area contributed by atoms with E-state index in [-0.39, 0.29) is 17.0 Å². The van der Waals surface area contributed by atoms with Crippen LogP contribution in [0.3, 0.4) is 0 Å². The topological polar surface area (TPSA) is 115 Å². The van der Waals surface area contributed by atoms with E-state index in [1.54, 1.807) is 44.4 Å². The summed E-state index contributed by atoms with van der Waals surface area (Å²) in [5.41, 5.74) is 5.89. The molecule has 0 amide bonds. The zero-order chi connectivity index (χ0) is 27.4. The highest BCUT2D eigenvalue weighted by atomic mass is 16.4. The lowest BCUT2D eigenvalue weighted by Crippen LogP contribution is -2.14. The zero-order valence-electron chi connectivity index (χ0n) is 21.9. The molecule has 194 valence electrons. The van der Waals surface area contributed by atoms with E-state index in [1.807, 2.05) is 50.2 Å². The van der Waals surface area contributed by atoms with Gasteiger partial charge in [0.05, 0.1) is 17.0 Å². The molecule has 1 heterocycles. The maximum absolute atomic E-state index is 13.5. The lowest BCUT2D eigenvalue weighted by atomic mass is 9.98. The van der Waals surface area contributed by atoms with Crippen molar-refractivity contribution in [2.45, 2.75) is 33.2 Å². The summed E-state index contributed by atoms with van der Waals surface area (Å²) in [6.07, 6.45) is 3.72.